The van der Waals surface area contributed by atoms with Gasteiger partial charge in [-0.1, -0.05) is 24.3 Å². The molecule has 1 aliphatic carbocycles. The highest BCUT2D eigenvalue weighted by Gasteiger charge is 2.31. The lowest BCUT2D eigenvalue weighted by Gasteiger charge is -2.14. The molecule has 1 heterocycles. The van der Waals surface area contributed by atoms with Gasteiger partial charge in [0.1, 0.15) is 0 Å². The minimum absolute atomic E-state index is 0.212. The zero-order valence-electron chi connectivity index (χ0n) is 15.5. The molecule has 152 valence electrons. The van der Waals surface area contributed by atoms with Gasteiger partial charge in [-0.25, -0.2) is 4.72 Å². The van der Waals surface area contributed by atoms with E-state index in [-0.39, 0.29) is 11.6 Å². The van der Waals surface area contributed by atoms with Crippen molar-refractivity contribution >= 4 is 11.9 Å². The third kappa shape index (κ3) is 4.69. The van der Waals surface area contributed by atoms with Crippen LogP contribution in [-0.4, -0.2) is 5.11 Å². The maximum Gasteiger partial charge on any atom is 0.416 e. The Morgan fingerprint density at radius 2 is 1.90 bits per heavy atom. The van der Waals surface area contributed by atoms with Crippen LogP contribution >= 0.6 is 11.9 Å². The Morgan fingerprint density at radius 1 is 1.07 bits per heavy atom. The number of rotatable bonds is 6. The monoisotopic (exact) mass is 419 g/mol. The highest BCUT2D eigenvalue weighted by Crippen LogP contribution is 2.35. The van der Waals surface area contributed by atoms with Crippen LogP contribution in [0.4, 0.5) is 13.2 Å². The summed E-state index contributed by atoms with van der Waals surface area (Å²) in [6.45, 7) is -0.415. The van der Waals surface area contributed by atoms with Gasteiger partial charge in [-0.2, -0.15) is 13.2 Å². The highest BCUT2D eigenvalue weighted by atomic mass is 32.2. The van der Waals surface area contributed by atoms with E-state index in [1.165, 1.54) is 23.1 Å². The second-order valence-corrected chi connectivity index (χ2v) is 7.99. The van der Waals surface area contributed by atoms with E-state index >= 15 is 0 Å². The molecular formula is C22H20F3NO2S. The number of aliphatic hydroxyl groups excluding tert-OH is 1. The number of hydrogen-bond donors (Lipinski definition) is 2. The molecule has 0 saturated carbocycles. The molecule has 3 nitrogen and oxygen atoms in total. The standard InChI is InChI=1S/C22H20F3NO2S/c23-22(24,25)18-11-15(9-16(12-18)13-27)8-14-3-5-19-17(10-14)4-6-20(19)26-29-21-2-1-7-28-21/h1-3,5,7,9-12,20,26-27H,4,6,8,13H2. The van der Waals surface area contributed by atoms with E-state index in [0.29, 0.717) is 12.0 Å². The number of nitrogens with one attached hydrogen (secondary N) is 1. The number of fused-ring (bicyclic) bond motifs is 1. The first kappa shape index (κ1) is 20.1. The van der Waals surface area contributed by atoms with Gasteiger partial charge >= 0.3 is 6.18 Å². The molecule has 3 aromatic rings. The van der Waals surface area contributed by atoms with E-state index < -0.39 is 18.3 Å². The molecule has 0 aliphatic heterocycles. The predicted octanol–water partition coefficient (Wildman–Crippen LogP) is 5.67. The van der Waals surface area contributed by atoms with Gasteiger partial charge in [0, 0.05) is 6.04 Å². The van der Waals surface area contributed by atoms with Crippen LogP contribution in [0.2, 0.25) is 0 Å². The summed E-state index contributed by atoms with van der Waals surface area (Å²) in [5.41, 5.74) is 3.49. The van der Waals surface area contributed by atoms with Crippen LogP contribution in [0.5, 0.6) is 0 Å². The van der Waals surface area contributed by atoms with Gasteiger partial charge in [0.05, 0.1) is 18.4 Å². The summed E-state index contributed by atoms with van der Waals surface area (Å²) in [5.74, 6) is 0. The largest absolute Gasteiger partial charge is 0.457 e. The molecule has 0 radical (unpaired) electrons. The molecule has 2 aromatic carbocycles. The van der Waals surface area contributed by atoms with E-state index in [4.69, 9.17) is 4.42 Å². The molecule has 0 fully saturated rings. The number of aliphatic hydroxyl groups is 1. The Kier molecular flexibility index (Phi) is 5.72. The topological polar surface area (TPSA) is 45.4 Å². The van der Waals surface area contributed by atoms with Crippen molar-refractivity contribution in [3.63, 3.8) is 0 Å². The first-order valence-electron chi connectivity index (χ1n) is 9.31. The van der Waals surface area contributed by atoms with Crippen molar-refractivity contribution in [2.75, 3.05) is 0 Å². The first-order valence-corrected chi connectivity index (χ1v) is 10.1. The molecule has 7 heteroatoms. The summed E-state index contributed by atoms with van der Waals surface area (Å²) in [4.78, 5) is 0. The van der Waals surface area contributed by atoms with Crippen LogP contribution in [0.3, 0.4) is 0 Å². The van der Waals surface area contributed by atoms with Gasteiger partial charge in [-0.05, 0) is 83.3 Å². The molecule has 2 N–H and O–H groups in total. The van der Waals surface area contributed by atoms with Crippen molar-refractivity contribution in [3.8, 4) is 0 Å². The minimum Gasteiger partial charge on any atom is -0.457 e. The lowest BCUT2D eigenvalue weighted by Crippen LogP contribution is -2.10. The third-order valence-electron chi connectivity index (χ3n) is 5.05. The zero-order chi connectivity index (χ0) is 20.4. The number of alkyl halides is 3. The summed E-state index contributed by atoms with van der Waals surface area (Å²) in [5, 5.41) is 10.1. The van der Waals surface area contributed by atoms with Crippen LogP contribution in [0, 0.1) is 0 Å². The van der Waals surface area contributed by atoms with Crippen LogP contribution in [0.15, 0.2) is 64.3 Å². The van der Waals surface area contributed by atoms with Crippen molar-refractivity contribution in [2.45, 2.75) is 43.2 Å². The number of furan rings is 1. The molecule has 1 unspecified atom stereocenters. The van der Waals surface area contributed by atoms with E-state index in [2.05, 4.69) is 16.9 Å². The summed E-state index contributed by atoms with van der Waals surface area (Å²) in [6.07, 6.45) is -0.518. The van der Waals surface area contributed by atoms with Gasteiger partial charge < -0.3 is 9.52 Å². The molecule has 4 rings (SSSR count). The predicted molar refractivity (Wildman–Crippen MR) is 105 cm³/mol. The molecule has 0 saturated heterocycles. The Morgan fingerprint density at radius 3 is 2.62 bits per heavy atom. The molecule has 1 aliphatic rings. The fourth-order valence-electron chi connectivity index (χ4n) is 3.71. The van der Waals surface area contributed by atoms with E-state index in [1.54, 1.807) is 12.3 Å². The van der Waals surface area contributed by atoms with E-state index in [0.717, 1.165) is 35.6 Å². The van der Waals surface area contributed by atoms with Crippen LogP contribution in [-0.2, 0) is 25.6 Å². The lowest BCUT2D eigenvalue weighted by molar-refractivity contribution is -0.137. The quantitative estimate of drug-likeness (QED) is 0.506. The van der Waals surface area contributed by atoms with Gasteiger partial charge in [-0.3, -0.25) is 0 Å². The van der Waals surface area contributed by atoms with Gasteiger partial charge in [-0.15, -0.1) is 0 Å². The Hall–Kier alpha value is -2.22. The van der Waals surface area contributed by atoms with Crippen LogP contribution in [0.25, 0.3) is 0 Å². The summed E-state index contributed by atoms with van der Waals surface area (Å²) < 4.78 is 48.1. The van der Waals surface area contributed by atoms with Crippen LogP contribution < -0.4 is 4.72 Å². The molecule has 0 amide bonds. The van der Waals surface area contributed by atoms with Crippen molar-refractivity contribution in [1.29, 1.82) is 0 Å². The number of hydrogen-bond acceptors (Lipinski definition) is 4. The van der Waals surface area contributed by atoms with Crippen molar-refractivity contribution in [1.82, 2.24) is 4.72 Å². The SMILES string of the molecule is OCc1cc(Cc2ccc3c(c2)CCC3NSc2ccco2)cc(C(F)(F)F)c1. The molecule has 1 atom stereocenters. The van der Waals surface area contributed by atoms with Crippen molar-refractivity contribution in [2.24, 2.45) is 0 Å². The molecule has 0 bridgehead atoms. The smallest absolute Gasteiger partial charge is 0.416 e. The minimum atomic E-state index is -4.43. The van der Waals surface area contributed by atoms with Gasteiger partial charge in [0.15, 0.2) is 5.09 Å². The maximum atomic E-state index is 13.1. The number of benzene rings is 2. The number of aryl methyl sites for hydroxylation is 1. The normalized spacial score (nSPS) is 16.2. The summed E-state index contributed by atoms with van der Waals surface area (Å²) >= 11 is 1.46. The highest BCUT2D eigenvalue weighted by molar-refractivity contribution is 7.97. The average Bonchev–Trinajstić information content (AvgIpc) is 3.34. The fourth-order valence-corrected chi connectivity index (χ4v) is 4.46. The third-order valence-corrected chi connectivity index (χ3v) is 5.89. The summed E-state index contributed by atoms with van der Waals surface area (Å²) in [7, 11) is 0. The Bertz CT molecular complexity index is 986. The molecular weight excluding hydrogens is 399 g/mol. The van der Waals surface area contributed by atoms with Crippen molar-refractivity contribution in [3.05, 3.63) is 88.2 Å². The van der Waals surface area contributed by atoms with E-state index in [9.17, 15) is 18.3 Å². The average molecular weight is 419 g/mol. The van der Waals surface area contributed by atoms with Gasteiger partial charge in [0.2, 0.25) is 0 Å². The van der Waals surface area contributed by atoms with Crippen LogP contribution in [0.1, 0.15) is 45.8 Å². The van der Waals surface area contributed by atoms with E-state index in [1.807, 2.05) is 18.2 Å². The van der Waals surface area contributed by atoms with Gasteiger partial charge in [0.25, 0.3) is 0 Å². The second-order valence-electron chi connectivity index (χ2n) is 7.15. The Balaban J connectivity index is 1.50. The fraction of sp³-hybridized carbons (Fsp3) is 0.273. The van der Waals surface area contributed by atoms with Crippen molar-refractivity contribution < 1.29 is 22.7 Å². The lowest BCUT2D eigenvalue weighted by atomic mass is 9.97. The summed E-state index contributed by atoms with van der Waals surface area (Å²) in [6, 6.07) is 13.8. The second kappa shape index (κ2) is 8.26. The number of halogens is 3. The molecule has 29 heavy (non-hydrogen) atoms. The Labute approximate surface area is 171 Å². The maximum absolute atomic E-state index is 13.1. The molecule has 1 aromatic heterocycles. The zero-order valence-corrected chi connectivity index (χ0v) is 16.3. The first-order chi connectivity index (χ1) is 13.9. The molecule has 0 spiro atoms.